The van der Waals surface area contributed by atoms with Crippen molar-refractivity contribution in [1.29, 1.82) is 0 Å². The molecule has 13 heavy (non-hydrogen) atoms. The third-order valence-electron chi connectivity index (χ3n) is 2.47. The molecule has 0 radical (unpaired) electrons. The third-order valence-corrected chi connectivity index (χ3v) is 2.47. The van der Waals surface area contributed by atoms with Crippen LogP contribution in [0.5, 0.6) is 0 Å². The predicted molar refractivity (Wildman–Crippen MR) is 55.3 cm³/mol. The molecular formula is C10H20N2O. The van der Waals surface area contributed by atoms with E-state index in [1.165, 1.54) is 0 Å². The van der Waals surface area contributed by atoms with Crippen molar-refractivity contribution >= 4 is 5.91 Å². The smallest absolute Gasteiger partial charge is 0.244 e. The first-order valence-corrected chi connectivity index (χ1v) is 4.55. The van der Waals surface area contributed by atoms with E-state index in [2.05, 4.69) is 11.8 Å². The summed E-state index contributed by atoms with van der Waals surface area (Å²) in [6, 6.07) is 0.312. The summed E-state index contributed by atoms with van der Waals surface area (Å²) in [5.74, 6) is -0.321. The van der Waals surface area contributed by atoms with Gasteiger partial charge in [0.1, 0.15) is 0 Å². The number of primary amides is 1. The fourth-order valence-corrected chi connectivity index (χ4v) is 1.50. The number of nitrogens with two attached hydrogens (primary N) is 1. The van der Waals surface area contributed by atoms with E-state index in [0.717, 1.165) is 12.0 Å². The Morgan fingerprint density at radius 1 is 1.38 bits per heavy atom. The van der Waals surface area contributed by atoms with Crippen LogP contribution in [0, 0.1) is 0 Å². The summed E-state index contributed by atoms with van der Waals surface area (Å²) >= 11 is 0. The number of rotatable bonds is 4. The van der Waals surface area contributed by atoms with Crippen LogP contribution in [0.15, 0.2) is 11.1 Å². The minimum atomic E-state index is -0.321. The quantitative estimate of drug-likeness (QED) is 0.666. The van der Waals surface area contributed by atoms with E-state index < -0.39 is 0 Å². The first kappa shape index (κ1) is 12.2. The van der Waals surface area contributed by atoms with Crippen molar-refractivity contribution in [3.8, 4) is 0 Å². The Morgan fingerprint density at radius 2 is 1.85 bits per heavy atom. The van der Waals surface area contributed by atoms with Gasteiger partial charge in [0.25, 0.3) is 0 Å². The Morgan fingerprint density at radius 3 is 2.08 bits per heavy atom. The van der Waals surface area contributed by atoms with Crippen molar-refractivity contribution in [1.82, 2.24) is 4.90 Å². The van der Waals surface area contributed by atoms with E-state index in [0.29, 0.717) is 11.6 Å². The summed E-state index contributed by atoms with van der Waals surface area (Å²) in [4.78, 5) is 13.0. The predicted octanol–water partition coefficient (Wildman–Crippen LogP) is 1.15. The molecule has 0 aliphatic rings. The average Bonchev–Trinajstić information content (AvgIpc) is 2.03. The summed E-state index contributed by atoms with van der Waals surface area (Å²) in [6.45, 7) is 5.85. The second-order valence-electron chi connectivity index (χ2n) is 3.56. The van der Waals surface area contributed by atoms with Crippen LogP contribution in [0.2, 0.25) is 0 Å². The van der Waals surface area contributed by atoms with Gasteiger partial charge in [-0.1, -0.05) is 6.92 Å². The van der Waals surface area contributed by atoms with Crippen molar-refractivity contribution in [2.24, 2.45) is 5.73 Å². The minimum Gasteiger partial charge on any atom is -0.366 e. The molecule has 0 aliphatic carbocycles. The lowest BCUT2D eigenvalue weighted by molar-refractivity contribution is -0.114. The van der Waals surface area contributed by atoms with Crippen molar-refractivity contribution in [2.45, 2.75) is 33.2 Å². The fourth-order valence-electron chi connectivity index (χ4n) is 1.50. The van der Waals surface area contributed by atoms with E-state index in [1.807, 2.05) is 21.0 Å². The molecule has 0 rings (SSSR count). The van der Waals surface area contributed by atoms with Crippen molar-refractivity contribution in [3.05, 3.63) is 11.1 Å². The van der Waals surface area contributed by atoms with Gasteiger partial charge >= 0.3 is 0 Å². The minimum absolute atomic E-state index is 0.312. The van der Waals surface area contributed by atoms with Crippen LogP contribution in [0.4, 0.5) is 0 Å². The Bertz CT molecular complexity index is 219. The summed E-state index contributed by atoms with van der Waals surface area (Å²) < 4.78 is 0. The first-order chi connectivity index (χ1) is 5.91. The number of hydrogen-bond donors (Lipinski definition) is 1. The molecular weight excluding hydrogens is 164 g/mol. The summed E-state index contributed by atoms with van der Waals surface area (Å²) in [5, 5.41) is 0. The maximum atomic E-state index is 10.9. The van der Waals surface area contributed by atoms with Gasteiger partial charge in [-0.3, -0.25) is 4.79 Å². The Balaban J connectivity index is 4.81. The molecule has 0 aliphatic heterocycles. The van der Waals surface area contributed by atoms with E-state index in [1.54, 1.807) is 6.92 Å². The number of carbonyl (C=O) groups is 1. The zero-order valence-corrected chi connectivity index (χ0v) is 9.22. The lowest BCUT2D eigenvalue weighted by atomic mass is 10.00. The summed E-state index contributed by atoms with van der Waals surface area (Å²) in [7, 11) is 4.01. The Kier molecular flexibility index (Phi) is 4.70. The zero-order valence-electron chi connectivity index (χ0n) is 9.22. The number of hydrogen-bond acceptors (Lipinski definition) is 2. The molecule has 0 aromatic rings. The lowest BCUT2D eigenvalue weighted by Gasteiger charge is -2.24. The number of carbonyl (C=O) groups excluding carboxylic acids is 1. The lowest BCUT2D eigenvalue weighted by Crippen LogP contribution is -2.30. The molecule has 0 heterocycles. The van der Waals surface area contributed by atoms with Gasteiger partial charge < -0.3 is 10.6 Å². The van der Waals surface area contributed by atoms with Gasteiger partial charge in [0.05, 0.1) is 0 Å². The number of amides is 1. The second kappa shape index (κ2) is 5.02. The molecule has 1 amide bonds. The molecule has 3 nitrogen and oxygen atoms in total. The highest BCUT2D eigenvalue weighted by atomic mass is 16.1. The van der Waals surface area contributed by atoms with Crippen molar-refractivity contribution in [3.63, 3.8) is 0 Å². The first-order valence-electron chi connectivity index (χ1n) is 4.55. The maximum Gasteiger partial charge on any atom is 0.244 e. The highest BCUT2D eigenvalue weighted by Crippen LogP contribution is 2.14. The normalized spacial score (nSPS) is 15.5. The van der Waals surface area contributed by atoms with Crippen LogP contribution in [-0.4, -0.2) is 30.9 Å². The SMILES string of the molecule is CCC(C(C)=C(C)C(N)=O)N(C)C. The molecule has 0 spiro atoms. The Labute approximate surface area is 80.6 Å². The zero-order chi connectivity index (χ0) is 10.6. The van der Waals surface area contributed by atoms with Crippen molar-refractivity contribution in [2.75, 3.05) is 14.1 Å². The highest BCUT2D eigenvalue weighted by molar-refractivity contribution is 5.92. The van der Waals surface area contributed by atoms with Crippen LogP contribution >= 0.6 is 0 Å². The molecule has 0 saturated carbocycles. The van der Waals surface area contributed by atoms with Gasteiger partial charge in [-0.2, -0.15) is 0 Å². The standard InChI is InChI=1S/C10H20N2O/c1-6-9(12(4)5)7(2)8(3)10(11)13/h9H,6H2,1-5H3,(H2,11,13). The van der Waals surface area contributed by atoms with Crippen molar-refractivity contribution < 1.29 is 4.79 Å². The summed E-state index contributed by atoms with van der Waals surface area (Å²) in [6.07, 6.45) is 0.990. The van der Waals surface area contributed by atoms with Gasteiger partial charge in [0.2, 0.25) is 5.91 Å². The number of likely N-dealkylation sites (N-methyl/N-ethyl adjacent to an activating group) is 1. The van der Waals surface area contributed by atoms with Gasteiger partial charge in [0.15, 0.2) is 0 Å². The molecule has 1 atom stereocenters. The second-order valence-corrected chi connectivity index (χ2v) is 3.56. The van der Waals surface area contributed by atoms with Gasteiger partial charge in [-0.05, 0) is 39.9 Å². The molecule has 0 aromatic heterocycles. The van der Waals surface area contributed by atoms with Crippen LogP contribution in [0.25, 0.3) is 0 Å². The van der Waals surface area contributed by atoms with E-state index >= 15 is 0 Å². The maximum absolute atomic E-state index is 10.9. The topological polar surface area (TPSA) is 46.3 Å². The molecule has 2 N–H and O–H groups in total. The largest absolute Gasteiger partial charge is 0.366 e. The molecule has 0 saturated heterocycles. The summed E-state index contributed by atoms with van der Waals surface area (Å²) in [5.41, 5.74) is 6.96. The molecule has 3 heteroatoms. The van der Waals surface area contributed by atoms with Crippen LogP contribution < -0.4 is 5.73 Å². The van der Waals surface area contributed by atoms with E-state index in [-0.39, 0.29) is 5.91 Å². The van der Waals surface area contributed by atoms with E-state index in [4.69, 9.17) is 5.73 Å². The molecule has 1 unspecified atom stereocenters. The highest BCUT2D eigenvalue weighted by Gasteiger charge is 2.14. The van der Waals surface area contributed by atoms with Gasteiger partial charge in [-0.25, -0.2) is 0 Å². The molecule has 76 valence electrons. The third kappa shape index (κ3) is 3.19. The van der Waals surface area contributed by atoms with Crippen LogP contribution in [0.3, 0.4) is 0 Å². The Hall–Kier alpha value is -0.830. The molecule has 0 aromatic carbocycles. The van der Waals surface area contributed by atoms with Crippen LogP contribution in [-0.2, 0) is 4.79 Å². The van der Waals surface area contributed by atoms with Gasteiger partial charge in [-0.15, -0.1) is 0 Å². The van der Waals surface area contributed by atoms with E-state index in [9.17, 15) is 4.79 Å². The monoisotopic (exact) mass is 184 g/mol. The molecule has 0 bridgehead atoms. The molecule has 0 fully saturated rings. The fraction of sp³-hybridized carbons (Fsp3) is 0.700. The van der Waals surface area contributed by atoms with Gasteiger partial charge in [0, 0.05) is 11.6 Å². The average molecular weight is 184 g/mol. The van der Waals surface area contributed by atoms with Crippen LogP contribution in [0.1, 0.15) is 27.2 Å². The number of nitrogens with zero attached hydrogens (tertiary/aromatic N) is 1.